The van der Waals surface area contributed by atoms with Crippen LogP contribution in [0, 0.1) is 12.7 Å². The maximum absolute atomic E-state index is 13.1. The molecule has 0 saturated carbocycles. The van der Waals surface area contributed by atoms with Crippen molar-refractivity contribution in [1.82, 2.24) is 15.0 Å². The van der Waals surface area contributed by atoms with E-state index >= 15 is 0 Å². The smallest absolute Gasteiger partial charge is 0.392 e. The number of aryl methyl sites for hydroxylation is 1. The zero-order valence-corrected chi connectivity index (χ0v) is 13.0. The van der Waals surface area contributed by atoms with Gasteiger partial charge in [0.25, 0.3) is 0 Å². The summed E-state index contributed by atoms with van der Waals surface area (Å²) < 4.78 is 18.0. The van der Waals surface area contributed by atoms with Crippen molar-refractivity contribution in [2.45, 2.75) is 6.92 Å². The minimum Gasteiger partial charge on any atom is -0.474 e. The van der Waals surface area contributed by atoms with Crippen molar-refractivity contribution in [1.29, 1.82) is 0 Å². The summed E-state index contributed by atoms with van der Waals surface area (Å²) in [5, 5.41) is 11.9. The number of carbonyl (C=O) groups is 1. The van der Waals surface area contributed by atoms with Crippen LogP contribution in [0.1, 0.15) is 16.2 Å². The van der Waals surface area contributed by atoms with E-state index in [0.717, 1.165) is 6.07 Å². The van der Waals surface area contributed by atoms with Crippen molar-refractivity contribution in [3.63, 3.8) is 0 Å². The Kier molecular flexibility index (Phi) is 4.13. The zero-order chi connectivity index (χ0) is 17.3. The Hall–Kier alpha value is -3.00. The molecule has 0 aliphatic rings. The zero-order valence-electron chi connectivity index (χ0n) is 12.2. The van der Waals surface area contributed by atoms with Gasteiger partial charge in [0, 0.05) is 6.20 Å². The molecule has 0 fully saturated rings. The highest BCUT2D eigenvalue weighted by atomic mass is 35.5. The molecule has 7 nitrogen and oxygen atoms in total. The number of hydrogen-bond donors (Lipinski definition) is 2. The second-order valence-electron chi connectivity index (χ2n) is 4.82. The molecule has 3 rings (SSSR count). The van der Waals surface area contributed by atoms with Gasteiger partial charge in [-0.1, -0.05) is 11.6 Å². The first kappa shape index (κ1) is 15.9. The molecule has 0 aliphatic carbocycles. The molecule has 0 spiro atoms. The van der Waals surface area contributed by atoms with Crippen molar-refractivity contribution >= 4 is 29.2 Å². The number of nitrogens with one attached hydrogen (secondary N) is 1. The molecule has 0 amide bonds. The van der Waals surface area contributed by atoms with Gasteiger partial charge in [0.05, 0.1) is 10.7 Å². The number of aromatic nitrogens is 3. The van der Waals surface area contributed by atoms with E-state index in [0.29, 0.717) is 16.9 Å². The maximum Gasteiger partial charge on any atom is 0.392 e. The van der Waals surface area contributed by atoms with Gasteiger partial charge in [-0.2, -0.15) is 0 Å². The van der Waals surface area contributed by atoms with Gasteiger partial charge >= 0.3 is 11.9 Å². The maximum atomic E-state index is 13.1. The minimum absolute atomic E-state index is 0.176. The third-order valence-electron chi connectivity index (χ3n) is 3.08. The van der Waals surface area contributed by atoms with Gasteiger partial charge in [0.1, 0.15) is 23.5 Å². The van der Waals surface area contributed by atoms with E-state index in [9.17, 15) is 9.18 Å². The molecule has 2 aromatic heterocycles. The molecule has 24 heavy (non-hydrogen) atoms. The number of anilines is 2. The fourth-order valence-electron chi connectivity index (χ4n) is 1.95. The molecule has 2 heterocycles. The van der Waals surface area contributed by atoms with E-state index in [4.69, 9.17) is 21.1 Å². The van der Waals surface area contributed by atoms with Crippen LogP contribution < -0.4 is 5.32 Å². The van der Waals surface area contributed by atoms with Crippen LogP contribution in [0.3, 0.4) is 0 Å². The Balaban J connectivity index is 1.94. The fraction of sp³-hybridized carbons (Fsp3) is 0.0667. The lowest BCUT2D eigenvalue weighted by atomic mass is 10.2. The van der Waals surface area contributed by atoms with E-state index in [1.807, 2.05) is 0 Å². The number of rotatable bonds is 4. The summed E-state index contributed by atoms with van der Waals surface area (Å²) in [6, 6.07) is 3.87. The van der Waals surface area contributed by atoms with Crippen molar-refractivity contribution in [3.8, 4) is 11.4 Å². The highest BCUT2D eigenvalue weighted by Gasteiger charge is 2.16. The van der Waals surface area contributed by atoms with Crippen molar-refractivity contribution in [3.05, 3.63) is 53.0 Å². The molecule has 2 N–H and O–H groups in total. The first-order valence-corrected chi connectivity index (χ1v) is 7.07. The molecule has 1 aromatic carbocycles. The van der Waals surface area contributed by atoms with Crippen LogP contribution in [0.2, 0.25) is 5.02 Å². The summed E-state index contributed by atoms with van der Waals surface area (Å²) in [5.74, 6) is -1.97. The summed E-state index contributed by atoms with van der Waals surface area (Å²) in [7, 11) is 0. The normalized spacial score (nSPS) is 10.6. The van der Waals surface area contributed by atoms with Gasteiger partial charge in [-0.25, -0.2) is 24.1 Å². The number of carboxylic acids is 1. The first-order chi connectivity index (χ1) is 11.4. The molecule has 122 valence electrons. The molecule has 0 radical (unpaired) electrons. The molecular weight excluding hydrogens is 339 g/mol. The number of nitrogens with zero attached hydrogens (tertiary/aromatic N) is 3. The molecule has 0 atom stereocenters. The monoisotopic (exact) mass is 348 g/mol. The van der Waals surface area contributed by atoms with Gasteiger partial charge in [-0.05, 0) is 30.7 Å². The van der Waals surface area contributed by atoms with Crippen molar-refractivity contribution < 1.29 is 18.7 Å². The Morgan fingerprint density at radius 2 is 2.17 bits per heavy atom. The van der Waals surface area contributed by atoms with Crippen LogP contribution in [0.15, 0.2) is 35.1 Å². The van der Waals surface area contributed by atoms with E-state index in [-0.39, 0.29) is 16.7 Å². The third kappa shape index (κ3) is 3.18. The summed E-state index contributed by atoms with van der Waals surface area (Å²) in [6.07, 6.45) is 2.74. The van der Waals surface area contributed by atoms with Crippen LogP contribution in [-0.4, -0.2) is 26.0 Å². The van der Waals surface area contributed by atoms with Crippen LogP contribution >= 0.6 is 11.6 Å². The highest BCUT2D eigenvalue weighted by Crippen LogP contribution is 2.26. The van der Waals surface area contributed by atoms with Crippen molar-refractivity contribution in [2.24, 2.45) is 0 Å². The Bertz CT molecular complexity index is 929. The standard InChI is InChI=1S/C15H10ClFN4O3/c1-7-5-18-15(20-10-3-2-8(17)4-9(10)16)21-12(7)11-6-24-13(19-11)14(22)23/h2-6H,1H3,(H,22,23)(H,18,20,21). The van der Waals surface area contributed by atoms with Gasteiger partial charge in [-0.15, -0.1) is 0 Å². The second-order valence-corrected chi connectivity index (χ2v) is 5.22. The lowest BCUT2D eigenvalue weighted by molar-refractivity contribution is 0.0653. The average molecular weight is 349 g/mol. The SMILES string of the molecule is Cc1cnc(Nc2ccc(F)cc2Cl)nc1-c1coc(C(=O)O)n1. The number of aromatic carboxylic acids is 1. The molecule has 0 bridgehead atoms. The van der Waals surface area contributed by atoms with Crippen molar-refractivity contribution in [2.75, 3.05) is 5.32 Å². The fourth-order valence-corrected chi connectivity index (χ4v) is 2.17. The number of carboxylic acid groups (broad SMARTS) is 1. The number of halogens is 2. The van der Waals surface area contributed by atoms with E-state index in [2.05, 4.69) is 20.3 Å². The molecule has 0 unspecified atom stereocenters. The van der Waals surface area contributed by atoms with Gasteiger partial charge < -0.3 is 14.8 Å². The summed E-state index contributed by atoms with van der Waals surface area (Å²) in [5.41, 5.74) is 1.78. The lowest BCUT2D eigenvalue weighted by Gasteiger charge is -2.09. The topological polar surface area (TPSA) is 101 Å². The first-order valence-electron chi connectivity index (χ1n) is 6.69. The van der Waals surface area contributed by atoms with E-state index < -0.39 is 17.7 Å². The summed E-state index contributed by atoms with van der Waals surface area (Å²) >= 11 is 5.95. The summed E-state index contributed by atoms with van der Waals surface area (Å²) in [4.78, 5) is 23.1. The highest BCUT2D eigenvalue weighted by molar-refractivity contribution is 6.33. The molecule has 3 aromatic rings. The average Bonchev–Trinajstić information content (AvgIpc) is 3.02. The van der Waals surface area contributed by atoms with Gasteiger partial charge in [0.2, 0.25) is 5.95 Å². The van der Waals surface area contributed by atoms with Crippen LogP contribution in [-0.2, 0) is 0 Å². The molecule has 0 saturated heterocycles. The number of benzene rings is 1. The van der Waals surface area contributed by atoms with Gasteiger partial charge in [0.15, 0.2) is 0 Å². The minimum atomic E-state index is -1.27. The predicted octanol–water partition coefficient (Wildman–Crippen LogP) is 3.67. The van der Waals surface area contributed by atoms with Gasteiger partial charge in [-0.3, -0.25) is 0 Å². The third-order valence-corrected chi connectivity index (χ3v) is 3.39. The largest absolute Gasteiger partial charge is 0.474 e. The summed E-state index contributed by atoms with van der Waals surface area (Å²) in [6.45, 7) is 1.75. The van der Waals surface area contributed by atoms with Crippen LogP contribution in [0.25, 0.3) is 11.4 Å². The van der Waals surface area contributed by atoms with Crippen LogP contribution in [0.4, 0.5) is 16.0 Å². The van der Waals surface area contributed by atoms with E-state index in [1.54, 1.807) is 6.92 Å². The Labute approximate surface area is 140 Å². The van der Waals surface area contributed by atoms with Crippen LogP contribution in [0.5, 0.6) is 0 Å². The number of hydrogen-bond acceptors (Lipinski definition) is 6. The second kappa shape index (κ2) is 6.25. The number of oxazole rings is 1. The molecular formula is C15H10ClFN4O3. The Morgan fingerprint density at radius 1 is 1.38 bits per heavy atom. The quantitative estimate of drug-likeness (QED) is 0.741. The molecule has 0 aliphatic heterocycles. The predicted molar refractivity (Wildman–Crippen MR) is 83.9 cm³/mol. The van der Waals surface area contributed by atoms with E-state index in [1.165, 1.54) is 24.6 Å². The Morgan fingerprint density at radius 3 is 2.83 bits per heavy atom. The lowest BCUT2D eigenvalue weighted by Crippen LogP contribution is -2.01. The molecule has 9 heteroatoms.